The highest BCUT2D eigenvalue weighted by Gasteiger charge is 2.19. The van der Waals surface area contributed by atoms with Gasteiger partial charge in [-0.3, -0.25) is 4.40 Å². The monoisotopic (exact) mass is 367 g/mol. The number of fused-ring (bicyclic) bond motifs is 1. The summed E-state index contributed by atoms with van der Waals surface area (Å²) < 4.78 is 39.7. The minimum Gasteiger partial charge on any atom is -0.497 e. The van der Waals surface area contributed by atoms with E-state index in [2.05, 4.69) is 9.71 Å². The van der Waals surface area contributed by atoms with Gasteiger partial charge < -0.3 is 9.47 Å². The highest BCUT2D eigenvalue weighted by atomic mass is 32.2. The molecule has 3 rings (SSSR count). The summed E-state index contributed by atoms with van der Waals surface area (Å²) in [5, 5.41) is 1.95. The summed E-state index contributed by atoms with van der Waals surface area (Å²) in [5.74, 6) is 0.772. The van der Waals surface area contributed by atoms with Crippen molar-refractivity contribution in [3.63, 3.8) is 0 Å². The molecule has 128 valence electrons. The minimum absolute atomic E-state index is 0.0802. The molecule has 0 radical (unpaired) electrons. The number of rotatable bonds is 7. The summed E-state index contributed by atoms with van der Waals surface area (Å²) in [6, 6.07) is 4.59. The van der Waals surface area contributed by atoms with E-state index in [9.17, 15) is 8.42 Å². The lowest BCUT2D eigenvalue weighted by atomic mass is 10.3. The normalized spacial score (nSPS) is 11.8. The van der Waals surface area contributed by atoms with E-state index in [1.54, 1.807) is 6.07 Å². The van der Waals surface area contributed by atoms with Gasteiger partial charge in [-0.25, -0.2) is 18.1 Å². The molecule has 0 aliphatic heterocycles. The van der Waals surface area contributed by atoms with Gasteiger partial charge in [0.15, 0.2) is 4.96 Å². The Morgan fingerprint density at radius 2 is 2.12 bits per heavy atom. The predicted octanol–water partition coefficient (Wildman–Crippen LogP) is 1.93. The minimum atomic E-state index is -3.68. The van der Waals surface area contributed by atoms with Crippen LogP contribution in [0.3, 0.4) is 0 Å². The van der Waals surface area contributed by atoms with E-state index in [1.807, 2.05) is 22.2 Å². The van der Waals surface area contributed by atoms with Crippen LogP contribution in [0, 0.1) is 0 Å². The molecule has 24 heavy (non-hydrogen) atoms. The lowest BCUT2D eigenvalue weighted by Crippen LogP contribution is -2.26. The molecule has 0 amide bonds. The molecule has 0 fully saturated rings. The van der Waals surface area contributed by atoms with Crippen LogP contribution >= 0.6 is 11.3 Å². The molecule has 0 aliphatic rings. The third kappa shape index (κ3) is 3.37. The van der Waals surface area contributed by atoms with Gasteiger partial charge in [0.1, 0.15) is 16.4 Å². The van der Waals surface area contributed by atoms with Gasteiger partial charge >= 0.3 is 0 Å². The van der Waals surface area contributed by atoms with Crippen molar-refractivity contribution in [1.29, 1.82) is 0 Å². The summed E-state index contributed by atoms with van der Waals surface area (Å²) >= 11 is 1.54. The second kappa shape index (κ2) is 6.80. The SMILES string of the molecule is COc1ccc(S(=O)(=O)NCCc2cn3ccsc3n2)c(OC)c1. The fourth-order valence-corrected chi connectivity index (χ4v) is 4.18. The molecule has 0 spiro atoms. The number of benzene rings is 1. The van der Waals surface area contributed by atoms with E-state index < -0.39 is 10.0 Å². The quantitative estimate of drug-likeness (QED) is 0.690. The maximum atomic E-state index is 12.5. The van der Waals surface area contributed by atoms with Crippen LogP contribution in [-0.2, 0) is 16.4 Å². The Bertz CT molecular complexity index is 918. The summed E-state index contributed by atoms with van der Waals surface area (Å²) in [6.07, 6.45) is 4.32. The second-order valence-corrected chi connectivity index (χ2v) is 7.60. The Kier molecular flexibility index (Phi) is 4.74. The molecule has 1 aromatic carbocycles. The van der Waals surface area contributed by atoms with Gasteiger partial charge in [-0.1, -0.05) is 0 Å². The van der Waals surface area contributed by atoms with E-state index >= 15 is 0 Å². The van der Waals surface area contributed by atoms with E-state index in [4.69, 9.17) is 9.47 Å². The molecule has 3 aromatic rings. The molecule has 0 aliphatic carbocycles. The third-order valence-corrected chi connectivity index (χ3v) is 5.75. The first-order valence-electron chi connectivity index (χ1n) is 7.16. The Morgan fingerprint density at radius 1 is 1.29 bits per heavy atom. The molecule has 7 nitrogen and oxygen atoms in total. The Balaban J connectivity index is 1.70. The standard InChI is InChI=1S/C15H17N3O4S2/c1-21-12-3-4-14(13(9-12)22-2)24(19,20)16-6-5-11-10-18-7-8-23-15(18)17-11/h3-4,7-10,16H,5-6H2,1-2H3. The van der Waals surface area contributed by atoms with Crippen LogP contribution < -0.4 is 14.2 Å². The van der Waals surface area contributed by atoms with Gasteiger partial charge in [0.25, 0.3) is 0 Å². The van der Waals surface area contributed by atoms with Crippen molar-refractivity contribution >= 4 is 26.3 Å². The van der Waals surface area contributed by atoms with Crippen LogP contribution in [0.5, 0.6) is 11.5 Å². The average molecular weight is 367 g/mol. The highest BCUT2D eigenvalue weighted by Crippen LogP contribution is 2.28. The molecule has 2 heterocycles. The van der Waals surface area contributed by atoms with Crippen LogP contribution in [-0.4, -0.2) is 38.6 Å². The predicted molar refractivity (Wildman–Crippen MR) is 91.5 cm³/mol. The van der Waals surface area contributed by atoms with Gasteiger partial charge in [0.2, 0.25) is 10.0 Å². The molecular formula is C15H17N3O4S2. The maximum absolute atomic E-state index is 12.5. The topological polar surface area (TPSA) is 81.9 Å². The first-order valence-corrected chi connectivity index (χ1v) is 9.52. The molecule has 1 N–H and O–H groups in total. The van der Waals surface area contributed by atoms with Gasteiger partial charge in [-0.15, -0.1) is 11.3 Å². The first-order chi connectivity index (χ1) is 11.5. The second-order valence-electron chi connectivity index (χ2n) is 4.99. The van der Waals surface area contributed by atoms with E-state index in [0.717, 1.165) is 10.7 Å². The average Bonchev–Trinajstić information content (AvgIpc) is 3.15. The summed E-state index contributed by atoms with van der Waals surface area (Å²) in [5.41, 5.74) is 0.839. The third-order valence-electron chi connectivity index (χ3n) is 3.48. The fraction of sp³-hybridized carbons (Fsp3) is 0.267. The number of ether oxygens (including phenoxy) is 2. The van der Waals surface area contributed by atoms with Gasteiger partial charge in [-0.2, -0.15) is 0 Å². The molecule has 0 unspecified atom stereocenters. The van der Waals surface area contributed by atoms with E-state index in [1.165, 1.54) is 37.7 Å². The number of hydrogen-bond donors (Lipinski definition) is 1. The number of nitrogens with one attached hydrogen (secondary N) is 1. The number of imidazole rings is 1. The molecule has 0 bridgehead atoms. The zero-order valence-corrected chi connectivity index (χ0v) is 14.9. The summed E-state index contributed by atoms with van der Waals surface area (Å²) in [4.78, 5) is 5.40. The molecule has 0 saturated heterocycles. The van der Waals surface area contributed by atoms with Crippen LogP contribution in [0.25, 0.3) is 4.96 Å². The van der Waals surface area contributed by atoms with Crippen molar-refractivity contribution < 1.29 is 17.9 Å². The fourth-order valence-electron chi connectivity index (χ4n) is 2.28. The van der Waals surface area contributed by atoms with Crippen molar-refractivity contribution in [3.8, 4) is 11.5 Å². The largest absolute Gasteiger partial charge is 0.497 e. The number of methoxy groups -OCH3 is 2. The Morgan fingerprint density at radius 3 is 2.83 bits per heavy atom. The first kappa shape index (κ1) is 16.7. The summed E-state index contributed by atoms with van der Waals surface area (Å²) in [7, 11) is -0.744. The Hall–Kier alpha value is -2.10. The number of sulfonamides is 1. The lowest BCUT2D eigenvalue weighted by Gasteiger charge is -2.11. The highest BCUT2D eigenvalue weighted by molar-refractivity contribution is 7.89. The smallest absolute Gasteiger partial charge is 0.244 e. The number of nitrogens with zero attached hydrogens (tertiary/aromatic N) is 2. The zero-order chi connectivity index (χ0) is 17.2. The summed E-state index contributed by atoms with van der Waals surface area (Å²) in [6.45, 7) is 0.252. The van der Waals surface area contributed by atoms with Crippen molar-refractivity contribution in [2.75, 3.05) is 20.8 Å². The van der Waals surface area contributed by atoms with Gasteiger partial charge in [0, 0.05) is 36.8 Å². The Labute approximate surface area is 143 Å². The molecular weight excluding hydrogens is 350 g/mol. The molecule has 2 aromatic heterocycles. The maximum Gasteiger partial charge on any atom is 0.244 e. The van der Waals surface area contributed by atoms with Crippen LogP contribution in [0.4, 0.5) is 0 Å². The zero-order valence-electron chi connectivity index (χ0n) is 13.2. The molecule has 0 atom stereocenters. The number of hydrogen-bond acceptors (Lipinski definition) is 6. The van der Waals surface area contributed by atoms with Crippen molar-refractivity contribution in [2.45, 2.75) is 11.3 Å². The number of thiazole rings is 1. The van der Waals surface area contributed by atoms with Crippen molar-refractivity contribution in [3.05, 3.63) is 41.7 Å². The van der Waals surface area contributed by atoms with Crippen LogP contribution in [0.15, 0.2) is 40.9 Å². The van der Waals surface area contributed by atoms with E-state index in [0.29, 0.717) is 12.2 Å². The van der Waals surface area contributed by atoms with Crippen LogP contribution in [0.1, 0.15) is 5.69 Å². The molecule has 0 saturated carbocycles. The van der Waals surface area contributed by atoms with Gasteiger partial charge in [0.05, 0.1) is 19.9 Å². The van der Waals surface area contributed by atoms with Gasteiger partial charge in [-0.05, 0) is 12.1 Å². The van der Waals surface area contributed by atoms with E-state index in [-0.39, 0.29) is 17.2 Å². The molecule has 9 heteroatoms. The number of aromatic nitrogens is 2. The lowest BCUT2D eigenvalue weighted by molar-refractivity contribution is 0.386. The van der Waals surface area contributed by atoms with Crippen LogP contribution in [0.2, 0.25) is 0 Å². The van der Waals surface area contributed by atoms with Crippen molar-refractivity contribution in [1.82, 2.24) is 14.1 Å². The van der Waals surface area contributed by atoms with Crippen molar-refractivity contribution in [2.24, 2.45) is 0 Å².